The van der Waals surface area contributed by atoms with Crippen LogP contribution in [0.15, 0.2) is 47.6 Å². The van der Waals surface area contributed by atoms with Crippen LogP contribution in [0.3, 0.4) is 0 Å². The highest BCUT2D eigenvalue weighted by atomic mass is 16.6. The van der Waals surface area contributed by atoms with Gasteiger partial charge >= 0.3 is 11.9 Å². The molecule has 0 aromatic heterocycles. The Morgan fingerprint density at radius 2 is 1.97 bits per heavy atom. The zero-order valence-electron chi connectivity index (χ0n) is 19.4. The van der Waals surface area contributed by atoms with Crippen LogP contribution in [0.2, 0.25) is 0 Å². The minimum atomic E-state index is -0.635. The fraction of sp³-hybridized carbons (Fsp3) is 0.600. The van der Waals surface area contributed by atoms with E-state index in [-0.39, 0.29) is 25.0 Å². The lowest BCUT2D eigenvalue weighted by atomic mass is 9.86. The Balaban J connectivity index is 2.76. The van der Waals surface area contributed by atoms with Gasteiger partial charge in [-0.15, -0.1) is 0 Å². The van der Waals surface area contributed by atoms with E-state index in [9.17, 15) is 14.7 Å². The number of hydrogen-bond donors (Lipinski definition) is 2. The monoisotopic (exact) mass is 434 g/mol. The molecule has 0 fully saturated rings. The lowest BCUT2D eigenvalue weighted by Gasteiger charge is -2.32. The van der Waals surface area contributed by atoms with Crippen molar-refractivity contribution in [3.63, 3.8) is 0 Å². The maximum Gasteiger partial charge on any atom is 0.331 e. The van der Waals surface area contributed by atoms with Crippen LogP contribution in [0.4, 0.5) is 0 Å². The molecule has 0 saturated carbocycles. The van der Waals surface area contributed by atoms with Crippen LogP contribution in [-0.2, 0) is 19.1 Å². The fourth-order valence-electron chi connectivity index (χ4n) is 3.78. The first-order chi connectivity index (χ1) is 14.7. The summed E-state index contributed by atoms with van der Waals surface area (Å²) < 4.78 is 11.1. The van der Waals surface area contributed by atoms with Crippen LogP contribution in [0.1, 0.15) is 53.9 Å². The quantitative estimate of drug-likeness (QED) is 0.209. The zero-order valence-corrected chi connectivity index (χ0v) is 19.4. The number of ether oxygens (including phenoxy) is 2. The Labute approximate surface area is 186 Å². The molecule has 2 N–H and O–H groups in total. The van der Waals surface area contributed by atoms with Crippen molar-refractivity contribution in [3.8, 4) is 0 Å². The molecule has 0 spiro atoms. The third-order valence-corrected chi connectivity index (χ3v) is 5.46. The van der Waals surface area contributed by atoms with E-state index in [1.165, 1.54) is 17.7 Å². The zero-order chi connectivity index (χ0) is 23.4. The highest BCUT2D eigenvalue weighted by molar-refractivity contribution is 5.85. The molecule has 6 nitrogen and oxygen atoms in total. The summed E-state index contributed by atoms with van der Waals surface area (Å²) >= 11 is 0. The van der Waals surface area contributed by atoms with E-state index < -0.39 is 24.1 Å². The van der Waals surface area contributed by atoms with E-state index >= 15 is 0 Å². The molecule has 1 heterocycles. The number of carbonyl (C=O) groups is 2. The van der Waals surface area contributed by atoms with Crippen LogP contribution in [0.25, 0.3) is 0 Å². The van der Waals surface area contributed by atoms with E-state index in [0.717, 1.165) is 18.4 Å². The molecule has 0 bridgehead atoms. The van der Waals surface area contributed by atoms with Gasteiger partial charge in [0.15, 0.2) is 6.10 Å². The normalized spacial score (nSPS) is 22.9. The van der Waals surface area contributed by atoms with Gasteiger partial charge in [-0.1, -0.05) is 43.2 Å². The summed E-state index contributed by atoms with van der Waals surface area (Å²) in [6.07, 6.45) is 10.8. The largest absolute Gasteiger partial charge is 0.455 e. The average molecular weight is 435 g/mol. The van der Waals surface area contributed by atoms with Crippen LogP contribution in [0, 0.1) is 17.8 Å². The summed E-state index contributed by atoms with van der Waals surface area (Å²) in [5.74, 6) is -0.670. The van der Waals surface area contributed by atoms with Gasteiger partial charge in [0.2, 0.25) is 0 Å². The molecule has 0 aliphatic carbocycles. The average Bonchev–Trinajstić information content (AvgIpc) is 2.72. The van der Waals surface area contributed by atoms with Crippen molar-refractivity contribution in [2.24, 2.45) is 17.8 Å². The smallest absolute Gasteiger partial charge is 0.331 e. The molecular weight excluding hydrogens is 396 g/mol. The van der Waals surface area contributed by atoms with E-state index in [0.29, 0.717) is 12.3 Å². The molecule has 1 rings (SSSR count). The Bertz CT molecular complexity index is 703. The van der Waals surface area contributed by atoms with Gasteiger partial charge in [0, 0.05) is 31.3 Å². The summed E-state index contributed by atoms with van der Waals surface area (Å²) in [5.41, 5.74) is 2.10. The van der Waals surface area contributed by atoms with Gasteiger partial charge in [-0.25, -0.2) is 9.59 Å². The first-order valence-corrected chi connectivity index (χ1v) is 11.0. The summed E-state index contributed by atoms with van der Waals surface area (Å²) in [6.45, 7) is 10.0. The van der Waals surface area contributed by atoms with E-state index in [2.05, 4.69) is 19.9 Å². The van der Waals surface area contributed by atoms with Gasteiger partial charge in [0.05, 0.1) is 0 Å². The third kappa shape index (κ3) is 10.1. The van der Waals surface area contributed by atoms with Crippen molar-refractivity contribution >= 4 is 11.9 Å². The van der Waals surface area contributed by atoms with Crippen molar-refractivity contribution in [2.45, 2.75) is 66.1 Å². The van der Waals surface area contributed by atoms with Crippen molar-refractivity contribution in [1.29, 1.82) is 0 Å². The lowest BCUT2D eigenvalue weighted by Crippen LogP contribution is -2.41. The molecule has 0 saturated heterocycles. The summed E-state index contributed by atoms with van der Waals surface area (Å²) in [4.78, 5) is 24.1. The standard InChI is InChI=1S/C25H38O6/c1-6-17(2)13-19(4)14-20(5)25-22(8-10-24(29)31-25)30-23(28)9-7-18(3)15-21(16-27)11-12-26/h6-10,15,19-22,25-27H,11-14,16H2,1-5H3/b9-7+,17-6+,18-15+/t19-,20-,21-,22+,25+/m0/s1. The molecule has 5 atom stereocenters. The van der Waals surface area contributed by atoms with Crippen LogP contribution in [-0.4, -0.2) is 47.6 Å². The minimum absolute atomic E-state index is 0.0139. The minimum Gasteiger partial charge on any atom is -0.455 e. The topological polar surface area (TPSA) is 93.1 Å². The summed E-state index contributed by atoms with van der Waals surface area (Å²) in [6, 6.07) is 0. The lowest BCUT2D eigenvalue weighted by molar-refractivity contribution is -0.164. The number of rotatable bonds is 12. The van der Waals surface area contributed by atoms with Gasteiger partial charge < -0.3 is 19.7 Å². The van der Waals surface area contributed by atoms with E-state index in [1.807, 2.05) is 20.8 Å². The Kier molecular flexibility index (Phi) is 12.1. The number of cyclic esters (lactones) is 1. The predicted octanol–water partition coefficient (Wildman–Crippen LogP) is 3.89. The molecule has 0 amide bonds. The molecular formula is C25H38O6. The third-order valence-electron chi connectivity index (χ3n) is 5.46. The van der Waals surface area contributed by atoms with Crippen LogP contribution in [0.5, 0.6) is 0 Å². The Hall–Kier alpha value is -2.18. The maximum atomic E-state index is 12.3. The van der Waals surface area contributed by atoms with Crippen LogP contribution < -0.4 is 0 Å². The molecule has 0 unspecified atom stereocenters. The number of hydrogen-bond acceptors (Lipinski definition) is 6. The second kappa shape index (κ2) is 14.0. The number of carbonyl (C=O) groups excluding carboxylic acids is 2. The molecule has 1 aliphatic rings. The van der Waals surface area contributed by atoms with Gasteiger partial charge in [0.1, 0.15) is 6.10 Å². The highest BCUT2D eigenvalue weighted by Gasteiger charge is 2.34. The highest BCUT2D eigenvalue weighted by Crippen LogP contribution is 2.28. The Morgan fingerprint density at radius 1 is 1.26 bits per heavy atom. The molecule has 174 valence electrons. The Morgan fingerprint density at radius 3 is 2.58 bits per heavy atom. The van der Waals surface area contributed by atoms with E-state index in [1.54, 1.807) is 18.2 Å². The first kappa shape index (κ1) is 26.9. The molecule has 0 aromatic carbocycles. The van der Waals surface area contributed by atoms with Crippen LogP contribution >= 0.6 is 0 Å². The number of allylic oxidation sites excluding steroid dienone is 4. The second-order valence-corrected chi connectivity index (χ2v) is 8.52. The summed E-state index contributed by atoms with van der Waals surface area (Å²) in [5, 5.41) is 18.3. The second-order valence-electron chi connectivity index (χ2n) is 8.52. The number of esters is 2. The van der Waals surface area contributed by atoms with E-state index in [4.69, 9.17) is 14.6 Å². The number of aliphatic hydroxyl groups excluding tert-OH is 2. The molecule has 31 heavy (non-hydrogen) atoms. The van der Waals surface area contributed by atoms with Crippen molar-refractivity contribution in [1.82, 2.24) is 0 Å². The van der Waals surface area contributed by atoms with Gasteiger partial charge in [-0.3, -0.25) is 0 Å². The molecule has 6 heteroatoms. The SMILES string of the molecule is C/C=C(\C)C[C@H](C)C[C@H](C)[C@H]1OC(=O)C=C[C@H]1OC(=O)/C=C/C(C)=C/[C@@H](CO)CCO. The number of aliphatic hydroxyl groups is 2. The molecule has 1 aliphatic heterocycles. The van der Waals surface area contributed by atoms with Gasteiger partial charge in [-0.05, 0) is 57.9 Å². The molecule has 0 radical (unpaired) electrons. The van der Waals surface area contributed by atoms with Gasteiger partial charge in [0.25, 0.3) is 0 Å². The first-order valence-electron chi connectivity index (χ1n) is 11.0. The van der Waals surface area contributed by atoms with Gasteiger partial charge in [-0.2, -0.15) is 0 Å². The molecule has 0 aromatic rings. The van der Waals surface area contributed by atoms with Crippen molar-refractivity contribution in [3.05, 3.63) is 47.6 Å². The van der Waals surface area contributed by atoms with Crippen molar-refractivity contribution in [2.75, 3.05) is 13.2 Å². The fourth-order valence-corrected chi connectivity index (χ4v) is 3.78. The predicted molar refractivity (Wildman–Crippen MR) is 121 cm³/mol. The summed E-state index contributed by atoms with van der Waals surface area (Å²) in [7, 11) is 0. The maximum absolute atomic E-state index is 12.3. The van der Waals surface area contributed by atoms with Crippen molar-refractivity contribution < 1.29 is 29.3 Å².